The van der Waals surface area contributed by atoms with Crippen LogP contribution in [0.5, 0.6) is 0 Å². The smallest absolute Gasteiger partial charge is 0.391 e. The summed E-state index contributed by atoms with van der Waals surface area (Å²) < 4.78 is 38.7. The van der Waals surface area contributed by atoms with E-state index in [9.17, 15) is 13.2 Å². The van der Waals surface area contributed by atoms with Gasteiger partial charge >= 0.3 is 6.18 Å². The lowest BCUT2D eigenvalue weighted by atomic mass is 9.86. The predicted molar refractivity (Wildman–Crippen MR) is 133 cm³/mol. The standard InChI is InChI=1S/C29H33F3N2/c1-21-9-7-14-28(34-21)25(18-15-23-16-19-26(20-17-23)29(30,31)32)12-8-13-27(22(2)33-3)24-10-5-4-6-11-24/h4-7,9-11,14,16-17,19-20,25,27,33H,2,8,12-13,15,18H2,1,3H3/t25-,27-/m0/s1. The average Bonchev–Trinajstić information content (AvgIpc) is 2.83. The van der Waals surface area contributed by atoms with E-state index in [1.165, 1.54) is 17.7 Å². The molecule has 5 heteroatoms. The molecule has 2 aromatic carbocycles. The molecule has 34 heavy (non-hydrogen) atoms. The summed E-state index contributed by atoms with van der Waals surface area (Å²) >= 11 is 0. The number of hydrogen-bond donors (Lipinski definition) is 1. The summed E-state index contributed by atoms with van der Waals surface area (Å²) in [5.41, 5.74) is 4.58. The van der Waals surface area contributed by atoms with Crippen LogP contribution in [0.2, 0.25) is 0 Å². The Morgan fingerprint density at radius 1 is 0.912 bits per heavy atom. The number of halogens is 3. The molecule has 0 aliphatic heterocycles. The highest BCUT2D eigenvalue weighted by Crippen LogP contribution is 2.33. The van der Waals surface area contributed by atoms with Crippen LogP contribution in [-0.4, -0.2) is 12.0 Å². The van der Waals surface area contributed by atoms with Gasteiger partial charge in [0.25, 0.3) is 0 Å². The molecule has 3 rings (SSSR count). The van der Waals surface area contributed by atoms with Crippen molar-refractivity contribution in [1.82, 2.24) is 10.3 Å². The first-order valence-corrected chi connectivity index (χ1v) is 11.8. The topological polar surface area (TPSA) is 24.9 Å². The molecule has 180 valence electrons. The van der Waals surface area contributed by atoms with Crippen LogP contribution in [0.15, 0.2) is 85.1 Å². The van der Waals surface area contributed by atoms with Crippen LogP contribution < -0.4 is 5.32 Å². The zero-order valence-corrected chi connectivity index (χ0v) is 19.9. The molecule has 1 aromatic heterocycles. The van der Waals surface area contributed by atoms with E-state index >= 15 is 0 Å². The monoisotopic (exact) mass is 466 g/mol. The minimum atomic E-state index is -4.31. The number of nitrogens with zero attached hydrogens (tertiary/aromatic N) is 1. The first-order chi connectivity index (χ1) is 16.3. The Morgan fingerprint density at radius 3 is 2.24 bits per heavy atom. The molecule has 0 spiro atoms. The summed E-state index contributed by atoms with van der Waals surface area (Å²) in [5.74, 6) is 0.466. The molecule has 2 atom stereocenters. The van der Waals surface area contributed by atoms with Gasteiger partial charge in [-0.1, -0.05) is 61.5 Å². The first-order valence-electron chi connectivity index (χ1n) is 11.8. The fourth-order valence-electron chi connectivity index (χ4n) is 4.40. The second kappa shape index (κ2) is 11.9. The Hall–Kier alpha value is -3.08. The Bertz CT molecular complexity index is 1040. The van der Waals surface area contributed by atoms with Crippen LogP contribution in [0.3, 0.4) is 0 Å². The highest BCUT2D eigenvalue weighted by Gasteiger charge is 2.30. The maximum absolute atomic E-state index is 12.9. The van der Waals surface area contributed by atoms with Crippen LogP contribution in [-0.2, 0) is 12.6 Å². The molecule has 0 amide bonds. The molecule has 0 bridgehead atoms. The molecular formula is C29H33F3N2. The Labute approximate surface area is 201 Å². The van der Waals surface area contributed by atoms with E-state index in [0.717, 1.165) is 48.3 Å². The highest BCUT2D eigenvalue weighted by atomic mass is 19.4. The summed E-state index contributed by atoms with van der Waals surface area (Å²) in [5, 5.41) is 3.22. The van der Waals surface area contributed by atoms with Gasteiger partial charge in [0.15, 0.2) is 0 Å². The maximum atomic E-state index is 12.9. The Morgan fingerprint density at radius 2 is 1.62 bits per heavy atom. The summed E-state index contributed by atoms with van der Waals surface area (Å²) in [4.78, 5) is 4.76. The van der Waals surface area contributed by atoms with Gasteiger partial charge in [0.2, 0.25) is 0 Å². The number of nitrogens with one attached hydrogen (secondary N) is 1. The zero-order valence-electron chi connectivity index (χ0n) is 19.9. The summed E-state index contributed by atoms with van der Waals surface area (Å²) in [6.45, 7) is 6.20. The van der Waals surface area contributed by atoms with Gasteiger partial charge in [0.05, 0.1) is 5.56 Å². The summed E-state index contributed by atoms with van der Waals surface area (Å²) in [7, 11) is 1.90. The normalized spacial score (nSPS) is 13.3. The van der Waals surface area contributed by atoms with Crippen molar-refractivity contribution in [3.63, 3.8) is 0 Å². The Balaban J connectivity index is 1.69. The van der Waals surface area contributed by atoms with Gasteiger partial charge in [-0.05, 0) is 68.0 Å². The van der Waals surface area contributed by atoms with Gasteiger partial charge in [-0.15, -0.1) is 0 Å². The second-order valence-corrected chi connectivity index (χ2v) is 8.80. The van der Waals surface area contributed by atoms with Crippen LogP contribution in [0.25, 0.3) is 0 Å². The average molecular weight is 467 g/mol. The molecule has 0 fully saturated rings. The van der Waals surface area contributed by atoms with Crippen molar-refractivity contribution in [3.05, 3.63) is 113 Å². The third-order valence-electron chi connectivity index (χ3n) is 6.38. The lowest BCUT2D eigenvalue weighted by molar-refractivity contribution is -0.137. The van der Waals surface area contributed by atoms with Crippen molar-refractivity contribution in [2.24, 2.45) is 0 Å². The van der Waals surface area contributed by atoms with E-state index in [2.05, 4.69) is 42.2 Å². The number of rotatable bonds is 11. The number of aryl methyl sites for hydroxylation is 2. The van der Waals surface area contributed by atoms with Crippen molar-refractivity contribution >= 4 is 0 Å². The van der Waals surface area contributed by atoms with Gasteiger partial charge in [-0.3, -0.25) is 4.98 Å². The number of allylic oxidation sites excluding steroid dienone is 1. The molecular weight excluding hydrogens is 433 g/mol. The number of benzene rings is 2. The molecule has 0 radical (unpaired) electrons. The summed E-state index contributed by atoms with van der Waals surface area (Å²) in [6, 6.07) is 22.0. The molecule has 0 aliphatic carbocycles. The maximum Gasteiger partial charge on any atom is 0.416 e. The largest absolute Gasteiger partial charge is 0.416 e. The van der Waals surface area contributed by atoms with Gasteiger partial charge in [0.1, 0.15) is 0 Å². The van der Waals surface area contributed by atoms with Crippen molar-refractivity contribution in [1.29, 1.82) is 0 Å². The van der Waals surface area contributed by atoms with Crippen LogP contribution in [0.1, 0.15) is 65.6 Å². The van der Waals surface area contributed by atoms with E-state index in [1.807, 2.05) is 32.2 Å². The first kappa shape index (κ1) is 25.5. The number of pyridine rings is 1. The van der Waals surface area contributed by atoms with E-state index in [4.69, 9.17) is 4.98 Å². The number of alkyl halides is 3. The van der Waals surface area contributed by atoms with Crippen molar-refractivity contribution < 1.29 is 13.2 Å². The predicted octanol–water partition coefficient (Wildman–Crippen LogP) is 7.81. The van der Waals surface area contributed by atoms with Gasteiger partial charge < -0.3 is 5.32 Å². The molecule has 3 aromatic rings. The van der Waals surface area contributed by atoms with E-state index < -0.39 is 11.7 Å². The summed E-state index contributed by atoms with van der Waals surface area (Å²) in [6.07, 6.45) is 0.158. The molecule has 1 heterocycles. The van der Waals surface area contributed by atoms with Gasteiger partial charge in [0, 0.05) is 36.0 Å². The SMILES string of the molecule is C=C(NC)[C@H](CCC[C@@H](CCc1ccc(C(F)(F)F)cc1)c1cccc(C)n1)c1ccccc1. The molecule has 0 aliphatic rings. The lowest BCUT2D eigenvalue weighted by Crippen LogP contribution is -2.14. The Kier molecular flexibility index (Phi) is 8.91. The quantitative estimate of drug-likeness (QED) is 0.312. The highest BCUT2D eigenvalue weighted by molar-refractivity contribution is 5.27. The fourth-order valence-corrected chi connectivity index (χ4v) is 4.40. The second-order valence-electron chi connectivity index (χ2n) is 8.80. The van der Waals surface area contributed by atoms with Crippen molar-refractivity contribution in [2.45, 2.75) is 57.0 Å². The van der Waals surface area contributed by atoms with Crippen molar-refractivity contribution in [2.75, 3.05) is 7.05 Å². The third kappa shape index (κ3) is 7.21. The van der Waals surface area contributed by atoms with E-state index in [0.29, 0.717) is 6.42 Å². The third-order valence-corrected chi connectivity index (χ3v) is 6.38. The minimum absolute atomic E-state index is 0.229. The molecule has 0 saturated carbocycles. The number of hydrogen-bond acceptors (Lipinski definition) is 2. The van der Waals surface area contributed by atoms with Crippen LogP contribution in [0.4, 0.5) is 13.2 Å². The van der Waals surface area contributed by atoms with E-state index in [1.54, 1.807) is 12.1 Å². The minimum Gasteiger partial charge on any atom is -0.391 e. The zero-order chi connectivity index (χ0) is 24.6. The van der Waals surface area contributed by atoms with Crippen molar-refractivity contribution in [3.8, 4) is 0 Å². The fraction of sp³-hybridized carbons (Fsp3) is 0.345. The lowest BCUT2D eigenvalue weighted by Gasteiger charge is -2.22. The molecule has 0 unspecified atom stereocenters. The number of aromatic nitrogens is 1. The van der Waals surface area contributed by atoms with Gasteiger partial charge in [-0.25, -0.2) is 0 Å². The molecule has 1 N–H and O–H groups in total. The number of likely N-dealkylation sites (N-methyl/N-ethyl adjacent to an activating group) is 1. The molecule has 2 nitrogen and oxygen atoms in total. The molecule has 0 saturated heterocycles. The van der Waals surface area contributed by atoms with Crippen LogP contribution >= 0.6 is 0 Å². The van der Waals surface area contributed by atoms with E-state index in [-0.39, 0.29) is 11.8 Å². The van der Waals surface area contributed by atoms with Crippen LogP contribution in [0, 0.1) is 6.92 Å². The van der Waals surface area contributed by atoms with Gasteiger partial charge in [-0.2, -0.15) is 13.2 Å².